The van der Waals surface area contributed by atoms with Gasteiger partial charge in [-0.05, 0) is 13.3 Å². The summed E-state index contributed by atoms with van der Waals surface area (Å²) >= 11 is 0. The zero-order chi connectivity index (χ0) is 9.84. The van der Waals surface area contributed by atoms with Gasteiger partial charge in [-0.1, -0.05) is 25.7 Å². The number of carbonyl (C=O) groups excluding carboxylic acids is 1. The minimum atomic E-state index is -0.107. The summed E-state index contributed by atoms with van der Waals surface area (Å²) in [6.45, 7) is 3.98. The molecule has 0 N–H and O–H groups in total. The zero-order valence-electron chi connectivity index (χ0n) is 8.25. The summed E-state index contributed by atoms with van der Waals surface area (Å²) in [7, 11) is 0. The normalized spacial score (nSPS) is 32.7. The van der Waals surface area contributed by atoms with Crippen LogP contribution < -0.4 is 0 Å². The van der Waals surface area contributed by atoms with Crippen LogP contribution >= 0.6 is 0 Å². The average molecular weight is 180 g/mol. The lowest BCUT2D eigenvalue weighted by Crippen LogP contribution is -2.17. The van der Waals surface area contributed by atoms with Crippen LogP contribution in [0.1, 0.15) is 33.1 Å². The molecule has 1 saturated heterocycles. The van der Waals surface area contributed by atoms with E-state index in [1.54, 1.807) is 0 Å². The third-order valence-electron chi connectivity index (χ3n) is 2.61. The number of rotatable bonds is 3. The molecule has 0 amide bonds. The van der Waals surface area contributed by atoms with Crippen molar-refractivity contribution in [1.82, 2.24) is 0 Å². The summed E-state index contributed by atoms with van der Waals surface area (Å²) < 4.78 is 5.09. The molecule has 0 aromatic carbocycles. The van der Waals surface area contributed by atoms with E-state index in [4.69, 9.17) is 11.2 Å². The van der Waals surface area contributed by atoms with Gasteiger partial charge in [0.2, 0.25) is 0 Å². The topological polar surface area (TPSA) is 26.3 Å². The lowest BCUT2D eigenvalue weighted by molar-refractivity contribution is -0.143. The molecule has 0 spiro atoms. The zero-order valence-corrected chi connectivity index (χ0v) is 8.25. The second-order valence-corrected chi connectivity index (χ2v) is 3.58. The van der Waals surface area contributed by atoms with Crippen LogP contribution in [0.15, 0.2) is 0 Å². The molecule has 72 valence electrons. The van der Waals surface area contributed by atoms with Crippen molar-refractivity contribution in [2.24, 2.45) is 11.8 Å². The number of hydrogen-bond acceptors (Lipinski definition) is 2. The van der Waals surface area contributed by atoms with Crippen molar-refractivity contribution in [3.05, 3.63) is 0 Å². The van der Waals surface area contributed by atoms with Gasteiger partial charge in [-0.2, -0.15) is 0 Å². The summed E-state index contributed by atoms with van der Waals surface area (Å²) in [5.41, 5.74) is 0. The van der Waals surface area contributed by atoms with Gasteiger partial charge in [0.25, 0.3) is 0 Å². The van der Waals surface area contributed by atoms with Gasteiger partial charge < -0.3 is 4.74 Å². The van der Waals surface area contributed by atoms with Crippen LogP contribution in [0.25, 0.3) is 0 Å². The molecule has 0 aromatic heterocycles. The van der Waals surface area contributed by atoms with Crippen molar-refractivity contribution in [3.8, 4) is 12.3 Å². The Morgan fingerprint density at radius 1 is 1.62 bits per heavy atom. The van der Waals surface area contributed by atoms with Crippen molar-refractivity contribution in [2.45, 2.75) is 39.2 Å². The molecular weight excluding hydrogens is 164 g/mol. The molecule has 1 rings (SSSR count). The Labute approximate surface area is 79.7 Å². The molecule has 0 aliphatic carbocycles. The fourth-order valence-corrected chi connectivity index (χ4v) is 1.79. The Kier molecular flexibility index (Phi) is 3.36. The molecule has 0 radical (unpaired) electrons. The van der Waals surface area contributed by atoms with Crippen LogP contribution in [-0.4, -0.2) is 12.1 Å². The molecular formula is C11H16O2. The molecule has 3 atom stereocenters. The van der Waals surface area contributed by atoms with Gasteiger partial charge in [0.05, 0.1) is 11.8 Å². The molecule has 2 nitrogen and oxygen atoms in total. The average Bonchev–Trinajstić information content (AvgIpc) is 2.37. The maximum Gasteiger partial charge on any atom is 0.310 e. The van der Waals surface area contributed by atoms with E-state index in [0.29, 0.717) is 0 Å². The van der Waals surface area contributed by atoms with Gasteiger partial charge in [0.1, 0.15) is 6.10 Å². The maximum absolute atomic E-state index is 11.3. The largest absolute Gasteiger partial charge is 0.461 e. The first-order valence-corrected chi connectivity index (χ1v) is 4.87. The summed E-state index contributed by atoms with van der Waals surface area (Å²) in [4.78, 5) is 11.3. The van der Waals surface area contributed by atoms with Crippen LogP contribution in [0.2, 0.25) is 0 Å². The van der Waals surface area contributed by atoms with Crippen LogP contribution in [-0.2, 0) is 9.53 Å². The molecule has 13 heavy (non-hydrogen) atoms. The minimum absolute atomic E-state index is 0.0148. The number of terminal acetylenes is 1. The fourth-order valence-electron chi connectivity index (χ4n) is 1.79. The van der Waals surface area contributed by atoms with Gasteiger partial charge in [0.15, 0.2) is 0 Å². The van der Waals surface area contributed by atoms with Gasteiger partial charge >= 0.3 is 5.97 Å². The van der Waals surface area contributed by atoms with Gasteiger partial charge in [-0.15, -0.1) is 6.42 Å². The number of hydrogen-bond donors (Lipinski definition) is 0. The molecule has 1 heterocycles. The van der Waals surface area contributed by atoms with Crippen molar-refractivity contribution < 1.29 is 9.53 Å². The van der Waals surface area contributed by atoms with Crippen molar-refractivity contribution >= 4 is 5.97 Å². The third-order valence-corrected chi connectivity index (χ3v) is 2.61. The Bertz CT molecular complexity index is 227. The Morgan fingerprint density at radius 2 is 2.31 bits per heavy atom. The van der Waals surface area contributed by atoms with E-state index in [1.165, 1.54) is 0 Å². The lowest BCUT2D eigenvalue weighted by Gasteiger charge is -2.10. The summed E-state index contributed by atoms with van der Waals surface area (Å²) in [5.74, 6) is 2.48. The van der Waals surface area contributed by atoms with Gasteiger partial charge in [-0.25, -0.2) is 0 Å². The second kappa shape index (κ2) is 4.32. The molecule has 1 aliphatic heterocycles. The van der Waals surface area contributed by atoms with Gasteiger partial charge in [-0.3, -0.25) is 4.79 Å². The van der Waals surface area contributed by atoms with Gasteiger partial charge in [0, 0.05) is 0 Å². The summed E-state index contributed by atoms with van der Waals surface area (Å²) in [6, 6.07) is 0. The Hall–Kier alpha value is -0.970. The molecule has 2 heteroatoms. The number of esters is 1. The molecule has 1 aliphatic rings. The quantitative estimate of drug-likeness (QED) is 0.490. The van der Waals surface area contributed by atoms with E-state index in [2.05, 4.69) is 12.8 Å². The SMILES string of the molecule is C#C[C@@H]1[C@H](C)OC(=O)[C@@H]1CCCC. The smallest absolute Gasteiger partial charge is 0.310 e. The third kappa shape index (κ3) is 2.03. The van der Waals surface area contributed by atoms with E-state index >= 15 is 0 Å². The monoisotopic (exact) mass is 180 g/mol. The minimum Gasteiger partial charge on any atom is -0.461 e. The maximum atomic E-state index is 11.3. The number of carbonyl (C=O) groups is 1. The molecule has 0 unspecified atom stereocenters. The predicted octanol–water partition coefficient (Wildman–Crippen LogP) is 1.99. The highest BCUT2D eigenvalue weighted by molar-refractivity contribution is 5.75. The fraction of sp³-hybridized carbons (Fsp3) is 0.727. The second-order valence-electron chi connectivity index (χ2n) is 3.58. The van der Waals surface area contributed by atoms with E-state index in [9.17, 15) is 4.79 Å². The van der Waals surface area contributed by atoms with Crippen molar-refractivity contribution in [3.63, 3.8) is 0 Å². The van der Waals surface area contributed by atoms with E-state index < -0.39 is 0 Å². The standard InChI is InChI=1S/C11H16O2/c1-4-6-7-10-9(5-2)8(3)13-11(10)12/h2,8-10H,4,6-7H2,1,3H3/t8-,9+,10+/m0/s1. The van der Waals surface area contributed by atoms with Crippen LogP contribution in [0.3, 0.4) is 0 Å². The summed E-state index contributed by atoms with van der Waals surface area (Å²) in [6.07, 6.45) is 8.28. The Morgan fingerprint density at radius 3 is 2.85 bits per heavy atom. The van der Waals surface area contributed by atoms with Crippen molar-refractivity contribution in [2.75, 3.05) is 0 Å². The number of cyclic esters (lactones) is 1. The first-order valence-electron chi connectivity index (χ1n) is 4.87. The first-order chi connectivity index (χ1) is 6.20. The van der Waals surface area contributed by atoms with E-state index in [0.717, 1.165) is 19.3 Å². The lowest BCUT2D eigenvalue weighted by atomic mass is 9.88. The number of ether oxygens (including phenoxy) is 1. The predicted molar refractivity (Wildman–Crippen MR) is 50.9 cm³/mol. The number of unbranched alkanes of at least 4 members (excludes halogenated alkanes) is 1. The van der Waals surface area contributed by atoms with Crippen LogP contribution in [0.4, 0.5) is 0 Å². The molecule has 0 saturated carbocycles. The van der Waals surface area contributed by atoms with Crippen LogP contribution in [0, 0.1) is 24.2 Å². The Balaban J connectivity index is 2.59. The first kappa shape index (κ1) is 10.1. The molecule has 0 aromatic rings. The van der Waals surface area contributed by atoms with Crippen molar-refractivity contribution in [1.29, 1.82) is 0 Å². The van der Waals surface area contributed by atoms with Crippen LogP contribution in [0.5, 0.6) is 0 Å². The highest BCUT2D eigenvalue weighted by Gasteiger charge is 2.40. The molecule has 0 bridgehead atoms. The molecule has 1 fully saturated rings. The highest BCUT2D eigenvalue weighted by atomic mass is 16.6. The van der Waals surface area contributed by atoms with E-state index in [1.807, 2.05) is 6.92 Å². The summed E-state index contributed by atoms with van der Waals surface area (Å²) in [5, 5.41) is 0. The highest BCUT2D eigenvalue weighted by Crippen LogP contribution is 2.31. The van der Waals surface area contributed by atoms with E-state index in [-0.39, 0.29) is 23.9 Å².